The number of fused-ring (bicyclic) bond motifs is 9. The summed E-state index contributed by atoms with van der Waals surface area (Å²) in [6, 6.07) is 42.5. The number of hydrogen-bond donors (Lipinski definition) is 3. The molecule has 20 rings (SSSR count). The summed E-state index contributed by atoms with van der Waals surface area (Å²) in [5, 5.41) is 46.5. The third kappa shape index (κ3) is 24.2. The Balaban J connectivity index is 0.000000143. The van der Waals surface area contributed by atoms with Gasteiger partial charge < -0.3 is 18.3 Å². The highest BCUT2D eigenvalue weighted by Crippen LogP contribution is 2.49. The number of benzene rings is 9. The standard InChI is InChI=1S/C15H22N2.2C14H17ClN2.C14H18ClN.C13H16ClN.2C13H16FN.2C12H15ClN2/c1-9(2)11-7-8-12-13(10(3)16-17-12)14(11)15(4,5)6;1-14(2,3)12-11(15)7-4-9-8-16-17(13(9)12)10-5-6-10;1-14(2,3)12-9(15)6-7-10-11(12)13(17-16-10)8-4-5-8;1-9-6-7-10-11(15)8-16(5)13(10)12(9)14(2,3)4;2*1-13(2,3)11-10(14)6-5-9-7-8-15(4)12(9)11;1-13(2,3)10-7-5-6-9-11(14)8-15(4)12(9)10;1-12(2,3)10-9(13)6-5-8-7-14-15(4)11(8)10;1-7-10-9(15-14-7)6-5-8(13)11(10)12(2,3)4/h7-9H,1-6H3,(H,16,17);4,7-8,10H,5-6H2,1-3H3;6-8H,4-5H2,1-3H3,(H,16,17);6-8H,1-5H3;3*5-8H,1-4H3;5-7H,1-4H3;5-6H,1-4H3,(H,14,15). The molecule has 2 saturated carbocycles. The van der Waals surface area contributed by atoms with Gasteiger partial charge >= 0.3 is 0 Å². The highest BCUT2D eigenvalue weighted by molar-refractivity contribution is 6.36. The van der Waals surface area contributed by atoms with E-state index in [2.05, 4.69) is 317 Å². The second kappa shape index (κ2) is 41.9. The van der Waals surface area contributed by atoms with Crippen LogP contribution in [0.3, 0.4) is 0 Å². The molecule has 758 valence electrons. The van der Waals surface area contributed by atoms with E-state index >= 15 is 0 Å². The Kier molecular flexibility index (Phi) is 32.7. The van der Waals surface area contributed by atoms with E-state index < -0.39 is 0 Å². The summed E-state index contributed by atoms with van der Waals surface area (Å²) < 4.78 is 39.6. The molecule has 0 amide bonds. The summed E-state index contributed by atoms with van der Waals surface area (Å²) in [6.45, 7) is 69.8. The Bertz CT molecular complexity index is 7110. The number of H-pyrrole nitrogens is 3. The number of hydrogen-bond acceptors (Lipinski definition) is 5. The minimum absolute atomic E-state index is 0.0321. The molecule has 0 bridgehead atoms. The number of nitrogens with one attached hydrogen (secondary N) is 3. The van der Waals surface area contributed by atoms with E-state index in [1.54, 1.807) is 12.3 Å². The molecule has 0 saturated heterocycles. The third-order valence-corrected chi connectivity index (χ3v) is 28.5. The maximum Gasteiger partial charge on any atom is 0.148 e. The van der Waals surface area contributed by atoms with E-state index in [9.17, 15) is 8.78 Å². The third-order valence-electron chi connectivity index (χ3n) is 26.6. The molecule has 14 nitrogen and oxygen atoms in total. The van der Waals surface area contributed by atoms with Gasteiger partial charge in [0, 0.05) is 173 Å². The molecular weight excluding hydrogens is 1890 g/mol. The first-order valence-corrected chi connectivity index (χ1v) is 51.9. The SMILES string of the molecule is CC(C)(C)c1c(Cl)ccc2cnn(C3CC3)c12.CC(C)(C)c1c(Cl)ccc2n[nH]c(C3CC3)c12.Cc1[nH]nc2ccc(C(C)C)c(C(C)(C)C)c12.Cc1[nH]nc2ccc(Cl)c(C(C)(C)C)c12.Cc1ccc2c(Cl)cn(C)c2c1C(C)(C)C.Cn1cc(F)c2cccc(C(C)(C)C)c21.Cn1ccc2ccc(Cl)c(C(C)(C)C)c21.Cn1ccc2ccc(F)c(C(C)(C)C)c21.Cn1ncc2ccc(Cl)c(C(C)(C)C)c21. The first kappa shape index (κ1) is 111. The lowest BCUT2D eigenvalue weighted by atomic mass is 9.78. The van der Waals surface area contributed by atoms with Gasteiger partial charge in [-0.15, -0.1) is 0 Å². The normalized spacial score (nSPS) is 13.4. The van der Waals surface area contributed by atoms with Gasteiger partial charge in [-0.3, -0.25) is 24.7 Å². The molecule has 0 aliphatic heterocycles. The number of halogens is 8. The maximum absolute atomic E-state index is 13.9. The van der Waals surface area contributed by atoms with Crippen LogP contribution in [0.5, 0.6) is 0 Å². The summed E-state index contributed by atoms with van der Waals surface area (Å²) in [4.78, 5) is 0. The van der Waals surface area contributed by atoms with Crippen molar-refractivity contribution in [3.05, 3.63) is 285 Å². The van der Waals surface area contributed by atoms with Crippen molar-refractivity contribution < 1.29 is 8.78 Å². The molecule has 0 radical (unpaired) electrons. The smallest absolute Gasteiger partial charge is 0.148 e. The topological polar surface area (TPSA) is 141 Å². The number of rotatable bonds is 3. The highest BCUT2D eigenvalue weighted by atomic mass is 35.5. The fourth-order valence-electron chi connectivity index (χ4n) is 20.1. The van der Waals surface area contributed by atoms with E-state index in [1.165, 1.54) is 131 Å². The van der Waals surface area contributed by atoms with Crippen LogP contribution in [0.2, 0.25) is 30.1 Å². The fraction of sp³-hybridized carbons (Fsp3) is 0.442. The fourth-order valence-corrected chi connectivity index (χ4v) is 22.6. The Labute approximate surface area is 872 Å². The Hall–Kier alpha value is -9.91. The van der Waals surface area contributed by atoms with Crippen LogP contribution in [-0.2, 0) is 84.0 Å². The monoisotopic (exact) mass is 2040 g/mol. The van der Waals surface area contributed by atoms with E-state index in [0.717, 1.165) is 96.0 Å². The molecule has 3 N–H and O–H groups in total. The number of aromatic amines is 3. The zero-order valence-electron chi connectivity index (χ0n) is 91.1. The van der Waals surface area contributed by atoms with Crippen molar-refractivity contribution in [2.45, 2.75) is 314 Å². The average Bonchev–Trinajstić information content (AvgIpc) is 1.30. The molecule has 0 unspecified atom stereocenters. The van der Waals surface area contributed by atoms with Crippen LogP contribution in [0.4, 0.5) is 8.78 Å². The maximum atomic E-state index is 13.9. The van der Waals surface area contributed by atoms with Crippen molar-refractivity contribution in [1.82, 2.24) is 68.4 Å². The van der Waals surface area contributed by atoms with Crippen molar-refractivity contribution in [3.63, 3.8) is 0 Å². The van der Waals surface area contributed by atoms with Crippen molar-refractivity contribution in [1.29, 1.82) is 0 Å². The van der Waals surface area contributed by atoms with Gasteiger partial charge in [0.05, 0.1) is 73.1 Å². The predicted molar refractivity (Wildman–Crippen MR) is 607 cm³/mol. The highest BCUT2D eigenvalue weighted by Gasteiger charge is 2.36. The lowest BCUT2D eigenvalue weighted by molar-refractivity contribution is 0.526. The first-order chi connectivity index (χ1) is 65.7. The van der Waals surface area contributed by atoms with Gasteiger partial charge in [-0.25, -0.2) is 8.78 Å². The molecule has 22 heteroatoms. The average molecular weight is 2040 g/mol. The Morgan fingerprint density at radius 3 is 1.20 bits per heavy atom. The van der Waals surface area contributed by atoms with E-state index in [4.69, 9.17) is 69.6 Å². The van der Waals surface area contributed by atoms with Crippen molar-refractivity contribution in [2.24, 2.45) is 35.2 Å². The molecule has 18 aromatic rings. The first-order valence-electron chi connectivity index (χ1n) is 49.7. The van der Waals surface area contributed by atoms with Gasteiger partial charge in [-0.1, -0.05) is 307 Å². The minimum atomic E-state index is -0.171. The van der Waals surface area contributed by atoms with Crippen molar-refractivity contribution >= 4 is 168 Å². The van der Waals surface area contributed by atoms with Gasteiger partial charge in [0.15, 0.2) is 0 Å². The lowest BCUT2D eigenvalue weighted by Crippen LogP contribution is -2.15. The summed E-state index contributed by atoms with van der Waals surface area (Å²) in [5.74, 6) is 0.956. The molecule has 2 aliphatic rings. The van der Waals surface area contributed by atoms with Crippen LogP contribution in [-0.4, -0.2) is 68.4 Å². The molecule has 0 spiro atoms. The van der Waals surface area contributed by atoms with E-state index in [0.29, 0.717) is 23.3 Å². The van der Waals surface area contributed by atoms with Gasteiger partial charge in [0.2, 0.25) is 0 Å². The lowest BCUT2D eigenvalue weighted by Gasteiger charge is -2.26. The molecule has 9 aromatic carbocycles. The van der Waals surface area contributed by atoms with Crippen LogP contribution in [0, 0.1) is 32.4 Å². The zero-order valence-corrected chi connectivity index (χ0v) is 95.6. The van der Waals surface area contributed by atoms with Crippen LogP contribution >= 0.6 is 69.6 Å². The van der Waals surface area contributed by atoms with Crippen LogP contribution in [0.1, 0.15) is 323 Å². The summed E-state index contributed by atoms with van der Waals surface area (Å²) >= 11 is 37.9. The zero-order chi connectivity index (χ0) is 105. The van der Waals surface area contributed by atoms with Gasteiger partial charge in [-0.05, 0) is 236 Å². The second-order valence-electron chi connectivity index (χ2n) is 48.5. The van der Waals surface area contributed by atoms with Gasteiger partial charge in [0.1, 0.15) is 11.6 Å². The Morgan fingerprint density at radius 2 is 0.732 bits per heavy atom. The van der Waals surface area contributed by atoms with Gasteiger partial charge in [0.25, 0.3) is 0 Å². The number of para-hydroxylation sites is 1. The number of aryl methyl sites for hydroxylation is 8. The quantitative estimate of drug-likeness (QED) is 0.162. The minimum Gasteiger partial charge on any atom is -0.350 e. The predicted octanol–water partition coefficient (Wildman–Crippen LogP) is 36.1. The number of nitrogens with zero attached hydrogens (tertiary/aromatic N) is 11. The van der Waals surface area contributed by atoms with Crippen molar-refractivity contribution in [2.75, 3.05) is 0 Å². The van der Waals surface area contributed by atoms with Crippen LogP contribution in [0.25, 0.3) is 98.1 Å². The second-order valence-corrected chi connectivity index (χ2v) is 50.9. The van der Waals surface area contributed by atoms with Gasteiger partial charge in [-0.2, -0.15) is 25.5 Å². The summed E-state index contributed by atoms with van der Waals surface area (Å²) in [6.07, 6.45) is 16.4. The molecule has 0 atom stereocenters. The molecule has 9 heterocycles. The summed E-state index contributed by atoms with van der Waals surface area (Å²) in [5.41, 5.74) is 27.5. The molecule has 9 aromatic heterocycles. The summed E-state index contributed by atoms with van der Waals surface area (Å²) in [7, 11) is 9.92. The van der Waals surface area contributed by atoms with Crippen LogP contribution in [0.15, 0.2) is 165 Å². The molecule has 2 aliphatic carbocycles. The molecule has 142 heavy (non-hydrogen) atoms. The largest absolute Gasteiger partial charge is 0.350 e. The van der Waals surface area contributed by atoms with Crippen LogP contribution < -0.4 is 0 Å². The van der Waals surface area contributed by atoms with Crippen molar-refractivity contribution in [3.8, 4) is 0 Å². The Morgan fingerprint density at radius 1 is 0.331 bits per heavy atom. The number of aromatic nitrogens is 14. The molecular formula is C120H152Cl6F2N14. The van der Waals surface area contributed by atoms with E-state index in [-0.39, 0.29) is 60.4 Å². The molecule has 2 fully saturated rings. The van der Waals surface area contributed by atoms with E-state index in [1.807, 2.05) is 160 Å².